The third kappa shape index (κ3) is 7.66. The molecule has 0 aliphatic heterocycles. The van der Waals surface area contributed by atoms with Crippen LogP contribution in [-0.2, 0) is 14.3 Å². The summed E-state index contributed by atoms with van der Waals surface area (Å²) in [6.07, 6.45) is 1.63. The number of ether oxygens (including phenoxy) is 1. The van der Waals surface area contributed by atoms with Gasteiger partial charge in [-0.2, -0.15) is 0 Å². The minimum absolute atomic E-state index is 0.0948. The molecule has 2 N–H and O–H groups in total. The standard InChI is InChI=1S/C34H43N3O4/c1-8-23(4)29(36-33(40)41-34(5,6)7)32(39)37(28-15-16-28)30(26-18-21(2)17-22(3)19-26)31(38)35-27-14-13-24-11-9-10-12-25(24)20-27/h9-14,17-20,23,28-30H,8,15-16H2,1-7H3,(H,35,38)(H,36,40). The van der Waals surface area contributed by atoms with E-state index in [9.17, 15) is 14.4 Å². The summed E-state index contributed by atoms with van der Waals surface area (Å²) in [6.45, 7) is 13.3. The Balaban J connectivity index is 1.73. The molecule has 1 aliphatic rings. The Morgan fingerprint density at radius 3 is 2.17 bits per heavy atom. The van der Waals surface area contributed by atoms with E-state index in [1.165, 1.54) is 0 Å². The highest BCUT2D eigenvalue weighted by atomic mass is 16.6. The van der Waals surface area contributed by atoms with Gasteiger partial charge in [0.1, 0.15) is 17.7 Å². The van der Waals surface area contributed by atoms with Crippen molar-refractivity contribution in [3.8, 4) is 0 Å². The lowest BCUT2D eigenvalue weighted by atomic mass is 9.94. The fraction of sp³-hybridized carbons (Fsp3) is 0.441. The van der Waals surface area contributed by atoms with E-state index in [0.717, 1.165) is 40.3 Å². The summed E-state index contributed by atoms with van der Waals surface area (Å²) in [5, 5.41) is 8.03. The van der Waals surface area contributed by atoms with Gasteiger partial charge in [0, 0.05) is 11.7 Å². The first-order valence-electron chi connectivity index (χ1n) is 14.6. The van der Waals surface area contributed by atoms with Gasteiger partial charge in [0.05, 0.1) is 0 Å². The molecule has 0 radical (unpaired) electrons. The maximum Gasteiger partial charge on any atom is 0.408 e. The van der Waals surface area contributed by atoms with Gasteiger partial charge >= 0.3 is 6.09 Å². The van der Waals surface area contributed by atoms with Gasteiger partial charge < -0.3 is 20.3 Å². The molecule has 1 saturated carbocycles. The highest BCUT2D eigenvalue weighted by molar-refractivity contribution is 6.00. The van der Waals surface area contributed by atoms with Gasteiger partial charge in [-0.15, -0.1) is 0 Å². The fourth-order valence-corrected chi connectivity index (χ4v) is 5.23. The van der Waals surface area contributed by atoms with Crippen molar-refractivity contribution in [2.24, 2.45) is 5.92 Å². The first-order chi connectivity index (χ1) is 19.4. The molecule has 1 fully saturated rings. The van der Waals surface area contributed by atoms with Crippen LogP contribution in [0.5, 0.6) is 0 Å². The van der Waals surface area contributed by atoms with Gasteiger partial charge in [-0.05, 0) is 81.8 Å². The van der Waals surface area contributed by atoms with E-state index < -0.39 is 23.8 Å². The van der Waals surface area contributed by atoms with Gasteiger partial charge in [-0.3, -0.25) is 9.59 Å². The van der Waals surface area contributed by atoms with E-state index in [1.807, 2.05) is 82.3 Å². The zero-order valence-corrected chi connectivity index (χ0v) is 25.3. The van der Waals surface area contributed by atoms with E-state index in [4.69, 9.17) is 4.74 Å². The second kappa shape index (κ2) is 12.3. The normalized spacial score (nSPS) is 15.5. The van der Waals surface area contributed by atoms with Crippen LogP contribution in [-0.4, -0.2) is 40.5 Å². The number of hydrogen-bond donors (Lipinski definition) is 2. The molecule has 3 atom stereocenters. The number of hydrogen-bond acceptors (Lipinski definition) is 4. The number of nitrogens with one attached hydrogen (secondary N) is 2. The minimum Gasteiger partial charge on any atom is -0.444 e. The van der Waals surface area contributed by atoms with Crippen LogP contribution in [0.25, 0.3) is 10.8 Å². The van der Waals surface area contributed by atoms with Gasteiger partial charge in [-0.1, -0.05) is 79.9 Å². The van der Waals surface area contributed by atoms with Crippen molar-refractivity contribution >= 4 is 34.4 Å². The number of rotatable bonds is 9. The molecular formula is C34H43N3O4. The van der Waals surface area contributed by atoms with Crippen LogP contribution in [0.4, 0.5) is 10.5 Å². The van der Waals surface area contributed by atoms with Crippen molar-refractivity contribution in [3.05, 3.63) is 77.4 Å². The lowest BCUT2D eigenvalue weighted by Gasteiger charge is -2.36. The number of carbonyl (C=O) groups is 3. The molecule has 41 heavy (non-hydrogen) atoms. The summed E-state index contributed by atoms with van der Waals surface area (Å²) in [7, 11) is 0. The lowest BCUT2D eigenvalue weighted by molar-refractivity contribution is -0.142. The summed E-state index contributed by atoms with van der Waals surface area (Å²) in [5.41, 5.74) is 2.73. The second-order valence-electron chi connectivity index (χ2n) is 12.4. The van der Waals surface area contributed by atoms with Crippen LogP contribution in [0.1, 0.15) is 76.6 Å². The highest BCUT2D eigenvalue weighted by Crippen LogP contribution is 2.37. The van der Waals surface area contributed by atoms with E-state index >= 15 is 0 Å². The van der Waals surface area contributed by atoms with E-state index in [2.05, 4.69) is 16.7 Å². The molecular weight excluding hydrogens is 514 g/mol. The molecule has 3 aromatic carbocycles. The molecule has 3 unspecified atom stereocenters. The molecule has 1 aliphatic carbocycles. The van der Waals surface area contributed by atoms with Crippen LogP contribution in [0, 0.1) is 19.8 Å². The third-order valence-corrected chi connectivity index (χ3v) is 7.45. The van der Waals surface area contributed by atoms with Gasteiger partial charge in [-0.25, -0.2) is 4.79 Å². The quantitative estimate of drug-likeness (QED) is 0.295. The SMILES string of the molecule is CCC(C)C(NC(=O)OC(C)(C)C)C(=O)N(C1CC1)C(C(=O)Nc1ccc2ccccc2c1)c1cc(C)cc(C)c1. The average Bonchev–Trinajstić information content (AvgIpc) is 3.73. The predicted molar refractivity (Wildman–Crippen MR) is 164 cm³/mol. The first kappa shape index (κ1) is 30.1. The van der Waals surface area contributed by atoms with Crippen molar-refractivity contribution in [3.63, 3.8) is 0 Å². The minimum atomic E-state index is -0.868. The van der Waals surface area contributed by atoms with Crippen molar-refractivity contribution in [1.82, 2.24) is 10.2 Å². The van der Waals surface area contributed by atoms with Gasteiger partial charge in [0.2, 0.25) is 5.91 Å². The number of anilines is 1. The molecule has 3 aromatic rings. The van der Waals surface area contributed by atoms with Gasteiger partial charge in [0.25, 0.3) is 5.91 Å². The molecule has 3 amide bonds. The van der Waals surface area contributed by atoms with E-state index in [0.29, 0.717) is 12.1 Å². The molecule has 0 heterocycles. The van der Waals surface area contributed by atoms with E-state index in [-0.39, 0.29) is 23.8 Å². The Bertz CT molecular complexity index is 1400. The molecule has 218 valence electrons. The molecule has 0 saturated heterocycles. The van der Waals surface area contributed by atoms with Crippen LogP contribution >= 0.6 is 0 Å². The summed E-state index contributed by atoms with van der Waals surface area (Å²) in [4.78, 5) is 43.2. The third-order valence-electron chi connectivity index (χ3n) is 7.45. The number of alkyl carbamates (subject to hydrolysis) is 1. The van der Waals surface area contributed by atoms with Crippen molar-refractivity contribution < 1.29 is 19.1 Å². The van der Waals surface area contributed by atoms with Crippen LogP contribution in [0.2, 0.25) is 0 Å². The molecule has 7 nitrogen and oxygen atoms in total. The van der Waals surface area contributed by atoms with Crippen LogP contribution < -0.4 is 10.6 Å². The van der Waals surface area contributed by atoms with Crippen LogP contribution in [0.15, 0.2) is 60.7 Å². The number of benzene rings is 3. The first-order valence-corrected chi connectivity index (χ1v) is 14.6. The molecule has 0 bridgehead atoms. The maximum atomic E-state index is 14.4. The molecule has 7 heteroatoms. The maximum absolute atomic E-state index is 14.4. The smallest absolute Gasteiger partial charge is 0.408 e. The van der Waals surface area contributed by atoms with E-state index in [1.54, 1.807) is 25.7 Å². The zero-order chi connectivity index (χ0) is 29.9. The van der Waals surface area contributed by atoms with Crippen molar-refractivity contribution in [2.45, 2.75) is 91.5 Å². The fourth-order valence-electron chi connectivity index (χ4n) is 5.23. The lowest BCUT2D eigenvalue weighted by Crippen LogP contribution is -2.55. The largest absolute Gasteiger partial charge is 0.444 e. The Hall–Kier alpha value is -3.87. The Labute approximate surface area is 243 Å². The van der Waals surface area contributed by atoms with Crippen LogP contribution in [0.3, 0.4) is 0 Å². The predicted octanol–water partition coefficient (Wildman–Crippen LogP) is 7.07. The number of amides is 3. The second-order valence-corrected chi connectivity index (χ2v) is 12.4. The average molecular weight is 558 g/mol. The molecule has 4 rings (SSSR count). The molecule has 0 aromatic heterocycles. The Kier molecular flexibility index (Phi) is 9.05. The Morgan fingerprint density at radius 2 is 1.59 bits per heavy atom. The molecule has 0 spiro atoms. The summed E-state index contributed by atoms with van der Waals surface area (Å²) in [6, 6.07) is 18.0. The zero-order valence-electron chi connectivity index (χ0n) is 25.3. The number of carbonyl (C=O) groups excluding carboxylic acids is 3. The monoisotopic (exact) mass is 557 g/mol. The van der Waals surface area contributed by atoms with Crippen molar-refractivity contribution in [1.29, 1.82) is 0 Å². The summed E-state index contributed by atoms with van der Waals surface area (Å²) in [5.74, 6) is -0.726. The summed E-state index contributed by atoms with van der Waals surface area (Å²) < 4.78 is 5.51. The Morgan fingerprint density at radius 1 is 0.951 bits per heavy atom. The highest BCUT2D eigenvalue weighted by Gasteiger charge is 2.45. The van der Waals surface area contributed by atoms with Crippen molar-refractivity contribution in [2.75, 3.05) is 5.32 Å². The topological polar surface area (TPSA) is 87.7 Å². The number of aryl methyl sites for hydroxylation is 2. The number of nitrogens with zero attached hydrogens (tertiary/aromatic N) is 1. The van der Waals surface area contributed by atoms with Gasteiger partial charge in [0.15, 0.2) is 0 Å². The summed E-state index contributed by atoms with van der Waals surface area (Å²) >= 11 is 0. The number of fused-ring (bicyclic) bond motifs is 1.